The van der Waals surface area contributed by atoms with Crippen LogP contribution in [0.4, 0.5) is 5.69 Å². The highest BCUT2D eigenvalue weighted by molar-refractivity contribution is 9.10. The lowest BCUT2D eigenvalue weighted by Crippen LogP contribution is -2.44. The molecule has 1 aliphatic heterocycles. The molecule has 31 heavy (non-hydrogen) atoms. The summed E-state index contributed by atoms with van der Waals surface area (Å²) in [6.45, 7) is 13.0. The van der Waals surface area contributed by atoms with Crippen molar-refractivity contribution in [1.29, 1.82) is 0 Å². The van der Waals surface area contributed by atoms with Gasteiger partial charge in [-0.05, 0) is 88.6 Å². The van der Waals surface area contributed by atoms with Crippen molar-refractivity contribution in [3.05, 3.63) is 21.4 Å². The van der Waals surface area contributed by atoms with Gasteiger partial charge in [0.1, 0.15) is 0 Å². The first-order chi connectivity index (χ1) is 14.5. The van der Waals surface area contributed by atoms with Crippen LogP contribution in [-0.4, -0.2) is 40.9 Å². The minimum absolute atomic E-state index is 0.173. The van der Waals surface area contributed by atoms with Crippen LogP contribution in [-0.2, 0) is 20.9 Å². The normalized spacial score (nSPS) is 19.5. The van der Waals surface area contributed by atoms with E-state index in [9.17, 15) is 9.90 Å². The molecule has 2 heterocycles. The largest absolute Gasteiger partial charge is 0.461 e. The number of hydrogen-bond acceptors (Lipinski definition) is 6. The third-order valence-electron chi connectivity index (χ3n) is 6.41. The number of carbonyl (C=O) groups excluding carboxylic acids is 1. The molecule has 0 amide bonds. The van der Waals surface area contributed by atoms with Gasteiger partial charge < -0.3 is 19.5 Å². The fourth-order valence-corrected chi connectivity index (χ4v) is 5.40. The number of halogens is 1. The molecule has 1 saturated heterocycles. The van der Waals surface area contributed by atoms with Crippen molar-refractivity contribution in [1.82, 2.24) is 4.98 Å². The van der Waals surface area contributed by atoms with Crippen LogP contribution in [0.5, 0.6) is 0 Å². The van der Waals surface area contributed by atoms with Gasteiger partial charge in [0.05, 0.1) is 34.2 Å². The molecule has 1 aromatic heterocycles. The second kappa shape index (κ2) is 9.36. The molecule has 2 fully saturated rings. The van der Waals surface area contributed by atoms with Crippen LogP contribution in [0.25, 0.3) is 0 Å². The van der Waals surface area contributed by atoms with E-state index in [1.807, 2.05) is 41.5 Å². The van der Waals surface area contributed by atoms with Crippen LogP contribution in [0, 0.1) is 12.3 Å². The molecule has 6 nitrogen and oxygen atoms in total. The average Bonchev–Trinajstić information content (AvgIpc) is 2.65. The Morgan fingerprint density at radius 2 is 1.84 bits per heavy atom. The molecular formula is C24H37BrN2O4. The molecule has 1 unspecified atom stereocenters. The Kier molecular flexibility index (Phi) is 7.38. The second-order valence-electron chi connectivity index (χ2n) is 10.3. The van der Waals surface area contributed by atoms with Gasteiger partial charge in [-0.1, -0.05) is 6.42 Å². The summed E-state index contributed by atoms with van der Waals surface area (Å²) in [6.07, 6.45) is 5.13. The number of anilines is 1. The Morgan fingerprint density at radius 1 is 1.23 bits per heavy atom. The number of aliphatic hydroxyl groups excluding tert-OH is 1. The number of ether oxygens (including phenoxy) is 2. The fourth-order valence-electron chi connectivity index (χ4n) is 4.72. The Balaban J connectivity index is 2.07. The fraction of sp³-hybridized carbons (Fsp3) is 0.750. The van der Waals surface area contributed by atoms with Gasteiger partial charge in [0.15, 0.2) is 6.10 Å². The van der Waals surface area contributed by atoms with Crippen molar-refractivity contribution < 1.29 is 19.4 Å². The van der Waals surface area contributed by atoms with Crippen LogP contribution < -0.4 is 4.90 Å². The van der Waals surface area contributed by atoms with E-state index in [1.54, 1.807) is 0 Å². The van der Waals surface area contributed by atoms with Crippen molar-refractivity contribution in [3.63, 3.8) is 0 Å². The van der Waals surface area contributed by atoms with Gasteiger partial charge in [-0.25, -0.2) is 4.79 Å². The summed E-state index contributed by atoms with van der Waals surface area (Å²) >= 11 is 3.70. The molecule has 1 atom stereocenters. The topological polar surface area (TPSA) is 71.9 Å². The molecule has 2 aliphatic rings. The van der Waals surface area contributed by atoms with E-state index in [0.717, 1.165) is 41.7 Å². The Labute approximate surface area is 194 Å². The van der Waals surface area contributed by atoms with Crippen molar-refractivity contribution in [3.8, 4) is 0 Å². The number of carbonyl (C=O) groups is 1. The lowest BCUT2D eigenvalue weighted by atomic mass is 9.63. The minimum Gasteiger partial charge on any atom is -0.461 e. The quantitative estimate of drug-likeness (QED) is 0.544. The van der Waals surface area contributed by atoms with Gasteiger partial charge in [0.25, 0.3) is 0 Å². The van der Waals surface area contributed by atoms with E-state index in [1.165, 1.54) is 19.3 Å². The smallest absolute Gasteiger partial charge is 0.340 e. The zero-order chi connectivity index (χ0) is 23.0. The van der Waals surface area contributed by atoms with E-state index in [-0.39, 0.29) is 12.7 Å². The lowest BCUT2D eigenvalue weighted by Gasteiger charge is -2.49. The molecule has 7 heteroatoms. The predicted octanol–water partition coefficient (Wildman–Crippen LogP) is 5.22. The van der Waals surface area contributed by atoms with E-state index in [0.29, 0.717) is 16.8 Å². The van der Waals surface area contributed by atoms with E-state index in [2.05, 4.69) is 25.8 Å². The van der Waals surface area contributed by atoms with Gasteiger partial charge in [0.2, 0.25) is 0 Å². The van der Waals surface area contributed by atoms with Gasteiger partial charge in [-0.3, -0.25) is 4.98 Å². The van der Waals surface area contributed by atoms with Crippen LogP contribution in [0.3, 0.4) is 0 Å². The molecule has 0 aromatic carbocycles. The molecular weight excluding hydrogens is 460 g/mol. The monoisotopic (exact) mass is 496 g/mol. The van der Waals surface area contributed by atoms with Crippen LogP contribution in [0.2, 0.25) is 0 Å². The minimum atomic E-state index is -0.895. The maximum absolute atomic E-state index is 13.2. The molecule has 0 bridgehead atoms. The highest BCUT2D eigenvalue weighted by Gasteiger charge is 2.42. The predicted molar refractivity (Wildman–Crippen MR) is 125 cm³/mol. The zero-order valence-electron chi connectivity index (χ0n) is 19.8. The lowest BCUT2D eigenvalue weighted by molar-refractivity contribution is -0.171. The number of aryl methyl sites for hydroxylation is 1. The number of aromatic nitrogens is 1. The number of piperidine rings is 1. The van der Waals surface area contributed by atoms with Crippen molar-refractivity contribution in [2.45, 2.75) is 98.1 Å². The van der Waals surface area contributed by atoms with E-state index >= 15 is 0 Å². The van der Waals surface area contributed by atoms with Gasteiger partial charge in [0, 0.05) is 24.3 Å². The molecule has 1 spiro atoms. The third-order valence-corrected chi connectivity index (χ3v) is 7.25. The zero-order valence-corrected chi connectivity index (χ0v) is 21.3. The van der Waals surface area contributed by atoms with E-state index in [4.69, 9.17) is 9.47 Å². The van der Waals surface area contributed by atoms with E-state index < -0.39 is 17.7 Å². The van der Waals surface area contributed by atoms with Gasteiger partial charge in [-0.2, -0.15) is 0 Å². The average molecular weight is 497 g/mol. The SMILES string of the molecule is Cc1nc(CO)c(Br)c(N2CCC3(CCC3)CC2)c1C(OC(C)(C)C)C(=O)OC(C)C. The maximum Gasteiger partial charge on any atom is 0.340 e. The second-order valence-corrected chi connectivity index (χ2v) is 11.1. The highest BCUT2D eigenvalue weighted by atomic mass is 79.9. The Hall–Kier alpha value is -1.18. The summed E-state index contributed by atoms with van der Waals surface area (Å²) in [5.41, 5.74) is 2.84. The van der Waals surface area contributed by atoms with Gasteiger partial charge >= 0.3 is 5.97 Å². The number of esters is 1. The first-order valence-electron chi connectivity index (χ1n) is 11.4. The third kappa shape index (κ3) is 5.42. The molecule has 174 valence electrons. The number of pyridine rings is 1. The van der Waals surface area contributed by atoms with Crippen molar-refractivity contribution in [2.75, 3.05) is 18.0 Å². The number of aliphatic hydroxyl groups is 1. The molecule has 1 aliphatic carbocycles. The summed E-state index contributed by atoms with van der Waals surface area (Å²) < 4.78 is 12.6. The molecule has 1 N–H and O–H groups in total. The summed E-state index contributed by atoms with van der Waals surface area (Å²) in [7, 11) is 0. The summed E-state index contributed by atoms with van der Waals surface area (Å²) in [5, 5.41) is 9.91. The van der Waals surface area contributed by atoms with Crippen LogP contribution >= 0.6 is 15.9 Å². The molecule has 1 aromatic rings. The van der Waals surface area contributed by atoms with Crippen LogP contribution in [0.15, 0.2) is 4.47 Å². The summed E-state index contributed by atoms with van der Waals surface area (Å²) in [5.74, 6) is -0.410. The van der Waals surface area contributed by atoms with Crippen LogP contribution in [0.1, 0.15) is 89.8 Å². The van der Waals surface area contributed by atoms with Crippen molar-refractivity contribution in [2.24, 2.45) is 5.41 Å². The molecule has 0 radical (unpaired) electrons. The molecule has 1 saturated carbocycles. The number of hydrogen-bond donors (Lipinski definition) is 1. The maximum atomic E-state index is 13.2. The summed E-state index contributed by atoms with van der Waals surface area (Å²) in [4.78, 5) is 20.1. The first kappa shape index (κ1) is 24.5. The number of rotatable bonds is 6. The summed E-state index contributed by atoms with van der Waals surface area (Å²) in [6, 6.07) is 0. The standard InChI is InChI=1S/C24H37BrN2O4/c1-15(2)30-22(29)21(31-23(4,5)6)18-16(3)26-17(14-28)19(25)20(18)27-12-10-24(11-13-27)8-7-9-24/h15,21,28H,7-14H2,1-6H3. The Bertz CT molecular complexity index is 805. The van der Waals surface area contributed by atoms with Gasteiger partial charge in [-0.15, -0.1) is 0 Å². The highest BCUT2D eigenvalue weighted by Crippen LogP contribution is 2.51. The Morgan fingerprint density at radius 3 is 2.29 bits per heavy atom. The first-order valence-corrected chi connectivity index (χ1v) is 12.2. The molecule has 3 rings (SSSR count). The number of nitrogens with zero attached hydrogens (tertiary/aromatic N) is 2. The van der Waals surface area contributed by atoms with Crippen molar-refractivity contribution >= 4 is 27.6 Å².